The van der Waals surface area contributed by atoms with Gasteiger partial charge in [-0.15, -0.1) is 0 Å². The molecule has 0 aromatic heterocycles. The molecule has 0 fully saturated rings. The summed E-state index contributed by atoms with van der Waals surface area (Å²) in [4.78, 5) is 24.5. The van der Waals surface area contributed by atoms with Crippen LogP contribution in [0.4, 0.5) is 0 Å². The number of amides is 2. The highest BCUT2D eigenvalue weighted by atomic mass is 16.7. The molecule has 1 heterocycles. The van der Waals surface area contributed by atoms with Gasteiger partial charge in [0.15, 0.2) is 23.0 Å². The molecular weight excluding hydrogens is 498 g/mol. The van der Waals surface area contributed by atoms with E-state index in [2.05, 4.69) is 34.0 Å². The van der Waals surface area contributed by atoms with Crippen LogP contribution in [0.25, 0.3) is 10.8 Å². The van der Waals surface area contributed by atoms with Crippen molar-refractivity contribution in [3.05, 3.63) is 95.6 Å². The van der Waals surface area contributed by atoms with Crippen LogP contribution >= 0.6 is 0 Å². The van der Waals surface area contributed by atoms with E-state index in [1.807, 2.05) is 43.3 Å². The highest BCUT2D eigenvalue weighted by Gasteiger charge is 2.16. The summed E-state index contributed by atoms with van der Waals surface area (Å²) in [6, 6.07) is 24.6. The molecular formula is C30H27N3O6. The van der Waals surface area contributed by atoms with Crippen LogP contribution in [0, 0.1) is 0 Å². The zero-order valence-corrected chi connectivity index (χ0v) is 21.3. The summed E-state index contributed by atoms with van der Waals surface area (Å²) < 4.78 is 22.4. The lowest BCUT2D eigenvalue weighted by molar-refractivity contribution is -0.120. The Morgan fingerprint density at radius 1 is 0.923 bits per heavy atom. The molecule has 0 radical (unpaired) electrons. The van der Waals surface area contributed by atoms with E-state index in [0.717, 1.165) is 16.3 Å². The predicted molar refractivity (Wildman–Crippen MR) is 147 cm³/mol. The Morgan fingerprint density at radius 3 is 2.67 bits per heavy atom. The number of hydrogen-bond donors (Lipinski definition) is 2. The van der Waals surface area contributed by atoms with Crippen LogP contribution in [-0.4, -0.2) is 38.0 Å². The van der Waals surface area contributed by atoms with Gasteiger partial charge in [0.25, 0.3) is 11.8 Å². The van der Waals surface area contributed by atoms with Gasteiger partial charge in [0.05, 0.1) is 19.4 Å². The lowest BCUT2D eigenvalue weighted by Gasteiger charge is -2.13. The number of rotatable bonds is 10. The number of carbonyl (C=O) groups is 2. The van der Waals surface area contributed by atoms with E-state index in [9.17, 15) is 9.59 Å². The van der Waals surface area contributed by atoms with Gasteiger partial charge in [-0.05, 0) is 65.2 Å². The summed E-state index contributed by atoms with van der Waals surface area (Å²) in [6.07, 6.45) is 1.49. The molecule has 4 aromatic rings. The Morgan fingerprint density at radius 2 is 1.77 bits per heavy atom. The minimum absolute atomic E-state index is 0.119. The molecule has 5 rings (SSSR count). The van der Waals surface area contributed by atoms with Crippen LogP contribution in [0.2, 0.25) is 0 Å². The number of fused-ring (bicyclic) bond motifs is 2. The minimum Gasteiger partial charge on any atom is -0.490 e. The summed E-state index contributed by atoms with van der Waals surface area (Å²) in [5.41, 5.74) is 4.56. The van der Waals surface area contributed by atoms with E-state index in [4.69, 9.17) is 18.9 Å². The quantitative estimate of drug-likeness (QED) is 0.234. The van der Waals surface area contributed by atoms with Crippen molar-refractivity contribution in [3.63, 3.8) is 0 Å². The van der Waals surface area contributed by atoms with Gasteiger partial charge in [-0.25, -0.2) is 5.43 Å². The first-order chi connectivity index (χ1) is 19.1. The second-order valence-corrected chi connectivity index (χ2v) is 8.61. The SMILES string of the molecule is CCOc1cc(/C=N/NC(=O)CNC(=O)c2ccc3c(c2)OCO3)ccc1OCc1cccc2ccccc12. The van der Waals surface area contributed by atoms with Crippen molar-refractivity contribution in [2.45, 2.75) is 13.5 Å². The second kappa shape index (κ2) is 12.0. The number of ether oxygens (including phenoxy) is 4. The average Bonchev–Trinajstić information content (AvgIpc) is 3.44. The number of hydrazone groups is 1. The fraction of sp³-hybridized carbons (Fsp3) is 0.167. The predicted octanol–water partition coefficient (Wildman–Crippen LogP) is 4.43. The summed E-state index contributed by atoms with van der Waals surface area (Å²) in [6.45, 7) is 2.63. The fourth-order valence-electron chi connectivity index (χ4n) is 4.09. The number of benzene rings is 4. The fourth-order valence-corrected chi connectivity index (χ4v) is 4.09. The monoisotopic (exact) mass is 525 g/mol. The zero-order chi connectivity index (χ0) is 27.0. The average molecular weight is 526 g/mol. The van der Waals surface area contributed by atoms with E-state index in [-0.39, 0.29) is 13.3 Å². The van der Waals surface area contributed by atoms with Crippen LogP contribution in [0.15, 0.2) is 84.0 Å². The largest absolute Gasteiger partial charge is 0.490 e. The molecule has 0 saturated heterocycles. The van der Waals surface area contributed by atoms with Crippen molar-refractivity contribution in [1.29, 1.82) is 0 Å². The molecule has 0 atom stereocenters. The Balaban J connectivity index is 1.15. The lowest BCUT2D eigenvalue weighted by Crippen LogP contribution is -2.34. The zero-order valence-electron chi connectivity index (χ0n) is 21.3. The van der Waals surface area contributed by atoms with E-state index in [0.29, 0.717) is 47.3 Å². The number of nitrogens with zero attached hydrogens (tertiary/aromatic N) is 1. The van der Waals surface area contributed by atoms with Crippen molar-refractivity contribution in [2.75, 3.05) is 19.9 Å². The van der Waals surface area contributed by atoms with Gasteiger partial charge in [-0.3, -0.25) is 9.59 Å². The third-order valence-electron chi connectivity index (χ3n) is 5.98. The third kappa shape index (κ3) is 6.27. The Bertz CT molecular complexity index is 1530. The van der Waals surface area contributed by atoms with Gasteiger partial charge in [0.1, 0.15) is 6.61 Å². The van der Waals surface area contributed by atoms with Gasteiger partial charge >= 0.3 is 0 Å². The molecule has 0 bridgehead atoms. The van der Waals surface area contributed by atoms with E-state index < -0.39 is 11.8 Å². The van der Waals surface area contributed by atoms with Crippen molar-refractivity contribution in [2.24, 2.45) is 5.10 Å². The summed E-state index contributed by atoms with van der Waals surface area (Å²) in [5, 5.41) is 8.84. The standard InChI is InChI=1S/C30H27N3O6/c1-2-36-27-14-20(10-12-25(27)37-18-23-8-5-7-21-6-3-4-9-24(21)23)16-32-33-29(34)17-31-30(35)22-11-13-26-28(15-22)39-19-38-26/h3-16H,2,17-19H2,1H3,(H,31,35)(H,33,34)/b32-16+. The second-order valence-electron chi connectivity index (χ2n) is 8.61. The molecule has 9 nitrogen and oxygen atoms in total. The van der Waals surface area contributed by atoms with Gasteiger partial charge in [-0.1, -0.05) is 42.5 Å². The van der Waals surface area contributed by atoms with Crippen molar-refractivity contribution >= 4 is 28.8 Å². The van der Waals surface area contributed by atoms with Crippen LogP contribution in [0.1, 0.15) is 28.4 Å². The molecule has 0 spiro atoms. The van der Waals surface area contributed by atoms with Gasteiger partial charge < -0.3 is 24.3 Å². The lowest BCUT2D eigenvalue weighted by atomic mass is 10.1. The minimum atomic E-state index is -0.472. The number of carbonyl (C=O) groups excluding carboxylic acids is 2. The van der Waals surface area contributed by atoms with Crippen LogP contribution in [0.5, 0.6) is 23.0 Å². The number of nitrogens with one attached hydrogen (secondary N) is 2. The highest BCUT2D eigenvalue weighted by molar-refractivity contribution is 5.97. The molecule has 1 aliphatic heterocycles. The molecule has 0 saturated carbocycles. The topological polar surface area (TPSA) is 107 Å². The molecule has 9 heteroatoms. The Labute approximate surface area is 225 Å². The van der Waals surface area contributed by atoms with Gasteiger partial charge in [0.2, 0.25) is 6.79 Å². The molecule has 2 amide bonds. The molecule has 39 heavy (non-hydrogen) atoms. The van der Waals surface area contributed by atoms with Crippen LogP contribution in [0.3, 0.4) is 0 Å². The normalized spacial score (nSPS) is 11.9. The first kappa shape index (κ1) is 25.6. The van der Waals surface area contributed by atoms with E-state index in [1.54, 1.807) is 24.3 Å². The molecule has 1 aliphatic rings. The maximum absolute atomic E-state index is 12.3. The molecule has 198 valence electrons. The molecule has 4 aromatic carbocycles. The summed E-state index contributed by atoms with van der Waals surface area (Å²) >= 11 is 0. The van der Waals surface area contributed by atoms with E-state index in [1.165, 1.54) is 6.21 Å². The third-order valence-corrected chi connectivity index (χ3v) is 5.98. The number of hydrogen-bond acceptors (Lipinski definition) is 7. The maximum atomic E-state index is 12.3. The first-order valence-corrected chi connectivity index (χ1v) is 12.5. The van der Waals surface area contributed by atoms with Crippen molar-refractivity contribution < 1.29 is 28.5 Å². The van der Waals surface area contributed by atoms with Crippen molar-refractivity contribution in [3.8, 4) is 23.0 Å². The highest BCUT2D eigenvalue weighted by Crippen LogP contribution is 2.32. The maximum Gasteiger partial charge on any atom is 0.259 e. The summed E-state index contributed by atoms with van der Waals surface area (Å²) in [7, 11) is 0. The first-order valence-electron chi connectivity index (χ1n) is 12.5. The van der Waals surface area contributed by atoms with Crippen LogP contribution in [-0.2, 0) is 11.4 Å². The van der Waals surface area contributed by atoms with Gasteiger partial charge in [-0.2, -0.15) is 5.10 Å². The molecule has 0 unspecified atom stereocenters. The molecule has 0 aliphatic carbocycles. The summed E-state index contributed by atoms with van der Waals surface area (Å²) in [5.74, 6) is 1.37. The van der Waals surface area contributed by atoms with Gasteiger partial charge in [0, 0.05) is 5.56 Å². The smallest absolute Gasteiger partial charge is 0.259 e. The van der Waals surface area contributed by atoms with Crippen molar-refractivity contribution in [1.82, 2.24) is 10.7 Å². The van der Waals surface area contributed by atoms with Crippen LogP contribution < -0.4 is 29.7 Å². The molecule has 2 N–H and O–H groups in total. The van der Waals surface area contributed by atoms with E-state index >= 15 is 0 Å². The Kier molecular flexibility index (Phi) is 7.87. The Hall–Kier alpha value is -5.05.